The summed E-state index contributed by atoms with van der Waals surface area (Å²) in [5.41, 5.74) is 2.58. The maximum atomic E-state index is 13.0. The number of rotatable bonds is 9. The van der Waals surface area contributed by atoms with Crippen LogP contribution in [0.3, 0.4) is 0 Å². The molecule has 0 bridgehead atoms. The number of esters is 1. The van der Waals surface area contributed by atoms with Crippen molar-refractivity contribution in [2.75, 3.05) is 18.2 Å². The Morgan fingerprint density at radius 1 is 1.21 bits per heavy atom. The predicted molar refractivity (Wildman–Crippen MR) is 152 cm³/mol. The summed E-state index contributed by atoms with van der Waals surface area (Å²) in [7, 11) is 1.38. The summed E-state index contributed by atoms with van der Waals surface area (Å²) in [6.07, 6.45) is 5.82. The first-order chi connectivity index (χ1) is 18.3. The number of thiophene rings is 1. The molecule has 0 fully saturated rings. The molecule has 1 amide bonds. The van der Waals surface area contributed by atoms with Crippen molar-refractivity contribution in [1.29, 1.82) is 0 Å². The van der Waals surface area contributed by atoms with Crippen molar-refractivity contribution >= 4 is 51.6 Å². The Balaban J connectivity index is 1.45. The van der Waals surface area contributed by atoms with Gasteiger partial charge in [0.1, 0.15) is 10.8 Å². The summed E-state index contributed by atoms with van der Waals surface area (Å²) in [5.74, 6) is 0.755. The molecule has 3 aromatic rings. The quantitative estimate of drug-likeness (QED) is 0.225. The SMILES string of the molecule is CCn1c(SCC(=O)Nc2sc3c(c2C(=O)OC)CCCCCC3)nnc1C(C)Oc1cc(C)ccc1Cl. The third-order valence-corrected chi connectivity index (χ3v) is 8.95. The third-order valence-electron chi connectivity index (χ3n) is 6.46. The van der Waals surface area contributed by atoms with Crippen molar-refractivity contribution in [3.05, 3.63) is 50.6 Å². The number of fused-ring (bicyclic) bond motifs is 1. The first-order valence-electron chi connectivity index (χ1n) is 12.8. The van der Waals surface area contributed by atoms with Crippen LogP contribution in [0.4, 0.5) is 5.00 Å². The number of carbonyl (C=O) groups excluding carboxylic acids is 2. The largest absolute Gasteiger partial charge is 0.481 e. The predicted octanol–water partition coefficient (Wildman–Crippen LogP) is 6.64. The Morgan fingerprint density at radius 3 is 2.71 bits per heavy atom. The minimum absolute atomic E-state index is 0.125. The van der Waals surface area contributed by atoms with Gasteiger partial charge in [-0.15, -0.1) is 21.5 Å². The normalized spacial score (nSPS) is 14.2. The highest BCUT2D eigenvalue weighted by molar-refractivity contribution is 7.99. The number of halogens is 1. The zero-order chi connectivity index (χ0) is 27.2. The summed E-state index contributed by atoms with van der Waals surface area (Å²) in [4.78, 5) is 26.8. The van der Waals surface area contributed by atoms with Crippen LogP contribution < -0.4 is 10.1 Å². The Kier molecular flexibility index (Phi) is 9.73. The molecule has 2 aromatic heterocycles. The number of anilines is 1. The van der Waals surface area contributed by atoms with Crippen LogP contribution in [-0.2, 0) is 28.9 Å². The van der Waals surface area contributed by atoms with Gasteiger partial charge in [0, 0.05) is 11.4 Å². The van der Waals surface area contributed by atoms with Crippen molar-refractivity contribution in [2.24, 2.45) is 0 Å². The summed E-state index contributed by atoms with van der Waals surface area (Å²) >= 11 is 9.09. The van der Waals surface area contributed by atoms with E-state index in [9.17, 15) is 9.59 Å². The molecule has 1 aromatic carbocycles. The van der Waals surface area contributed by atoms with E-state index in [1.54, 1.807) is 0 Å². The number of aromatic nitrogens is 3. The van der Waals surface area contributed by atoms with Crippen molar-refractivity contribution in [3.63, 3.8) is 0 Å². The van der Waals surface area contributed by atoms with Crippen LogP contribution in [0, 0.1) is 6.92 Å². The minimum Gasteiger partial charge on any atom is -0.481 e. The zero-order valence-corrected chi connectivity index (χ0v) is 24.5. The first-order valence-corrected chi connectivity index (χ1v) is 15.0. The molecule has 1 unspecified atom stereocenters. The molecule has 0 radical (unpaired) electrons. The second-order valence-corrected chi connectivity index (χ2v) is 11.7. The third kappa shape index (κ3) is 6.52. The van der Waals surface area contributed by atoms with Gasteiger partial charge < -0.3 is 19.4 Å². The highest BCUT2D eigenvalue weighted by Gasteiger charge is 2.26. The molecule has 0 aliphatic heterocycles. The fraction of sp³-hybridized carbons (Fsp3) is 0.481. The number of amides is 1. The van der Waals surface area contributed by atoms with E-state index < -0.39 is 12.1 Å². The number of carbonyl (C=O) groups is 2. The first kappa shape index (κ1) is 28.4. The molecule has 204 valence electrons. The van der Waals surface area contributed by atoms with Gasteiger partial charge in [-0.3, -0.25) is 4.79 Å². The van der Waals surface area contributed by atoms with E-state index in [2.05, 4.69) is 15.5 Å². The molecular weight excluding hydrogens is 544 g/mol. The summed E-state index contributed by atoms with van der Waals surface area (Å²) < 4.78 is 13.1. The number of aryl methyl sites for hydroxylation is 2. The standard InChI is InChI=1S/C27H33ClN4O4S2/c1-5-32-24(17(3)36-20-14-16(2)12-13-19(20)28)30-31-27(32)37-15-22(33)29-25-23(26(34)35-4)18-10-8-6-7-9-11-21(18)38-25/h12-14,17H,5-11,15H2,1-4H3,(H,29,33). The number of nitrogens with zero attached hydrogens (tertiary/aromatic N) is 3. The Labute approximate surface area is 236 Å². The number of methoxy groups -OCH3 is 1. The van der Waals surface area contributed by atoms with Gasteiger partial charge in [-0.25, -0.2) is 4.79 Å². The molecule has 0 saturated heterocycles. The van der Waals surface area contributed by atoms with Crippen molar-refractivity contribution in [3.8, 4) is 5.75 Å². The molecule has 38 heavy (non-hydrogen) atoms. The van der Waals surface area contributed by atoms with Crippen molar-refractivity contribution in [1.82, 2.24) is 14.8 Å². The summed E-state index contributed by atoms with van der Waals surface area (Å²) in [6, 6.07) is 5.62. The van der Waals surface area contributed by atoms with E-state index in [0.29, 0.717) is 38.9 Å². The van der Waals surface area contributed by atoms with Gasteiger partial charge >= 0.3 is 5.97 Å². The van der Waals surface area contributed by atoms with Gasteiger partial charge in [0.25, 0.3) is 0 Å². The molecule has 1 aliphatic carbocycles. The molecule has 1 N–H and O–H groups in total. The Hall–Kier alpha value is -2.56. The number of benzene rings is 1. The number of nitrogens with one attached hydrogen (secondary N) is 1. The van der Waals surface area contributed by atoms with E-state index in [0.717, 1.165) is 43.2 Å². The van der Waals surface area contributed by atoms with Gasteiger partial charge in [0.2, 0.25) is 5.91 Å². The van der Waals surface area contributed by atoms with Crippen molar-refractivity contribution < 1.29 is 19.1 Å². The number of hydrogen-bond acceptors (Lipinski definition) is 8. The molecule has 4 rings (SSSR count). The second kappa shape index (κ2) is 13.0. The lowest BCUT2D eigenvalue weighted by atomic mass is 9.96. The molecule has 0 spiro atoms. The highest BCUT2D eigenvalue weighted by atomic mass is 35.5. The van der Waals surface area contributed by atoms with Crippen LogP contribution in [0.2, 0.25) is 5.02 Å². The molecular formula is C27H33ClN4O4S2. The lowest BCUT2D eigenvalue weighted by molar-refractivity contribution is -0.113. The number of ether oxygens (including phenoxy) is 2. The van der Waals surface area contributed by atoms with Crippen LogP contribution in [0.1, 0.15) is 77.8 Å². The monoisotopic (exact) mass is 576 g/mol. The van der Waals surface area contributed by atoms with E-state index >= 15 is 0 Å². The topological polar surface area (TPSA) is 95.3 Å². The molecule has 1 atom stereocenters. The van der Waals surface area contributed by atoms with E-state index in [-0.39, 0.29) is 11.7 Å². The van der Waals surface area contributed by atoms with Crippen molar-refractivity contribution in [2.45, 2.75) is 77.1 Å². The van der Waals surface area contributed by atoms with Crippen LogP contribution in [0.5, 0.6) is 5.75 Å². The Bertz CT molecular complexity index is 1310. The maximum Gasteiger partial charge on any atom is 0.341 e. The molecule has 1 aliphatic rings. The number of thioether (sulfide) groups is 1. The van der Waals surface area contributed by atoms with Gasteiger partial charge in [-0.1, -0.05) is 42.3 Å². The summed E-state index contributed by atoms with van der Waals surface area (Å²) in [6.45, 7) is 6.48. The number of hydrogen-bond donors (Lipinski definition) is 1. The van der Waals surface area contributed by atoms with Gasteiger partial charge in [0.05, 0.1) is 23.4 Å². The van der Waals surface area contributed by atoms with Crippen LogP contribution in [0.25, 0.3) is 0 Å². The van der Waals surface area contributed by atoms with Crippen LogP contribution in [-0.4, -0.2) is 39.5 Å². The van der Waals surface area contributed by atoms with E-state index in [1.165, 1.54) is 41.5 Å². The van der Waals surface area contributed by atoms with E-state index in [1.807, 2.05) is 43.5 Å². The molecule has 8 nitrogen and oxygen atoms in total. The average molecular weight is 577 g/mol. The Morgan fingerprint density at radius 2 is 1.97 bits per heavy atom. The smallest absolute Gasteiger partial charge is 0.341 e. The highest BCUT2D eigenvalue weighted by Crippen LogP contribution is 2.38. The zero-order valence-electron chi connectivity index (χ0n) is 22.1. The molecule has 0 saturated carbocycles. The van der Waals surface area contributed by atoms with Gasteiger partial charge in [-0.05, 0) is 69.7 Å². The fourth-order valence-corrected chi connectivity index (χ4v) is 6.83. The van der Waals surface area contributed by atoms with Gasteiger partial charge in [-0.2, -0.15) is 0 Å². The average Bonchev–Trinajstić information content (AvgIpc) is 3.45. The lowest BCUT2D eigenvalue weighted by Crippen LogP contribution is -2.17. The lowest BCUT2D eigenvalue weighted by Gasteiger charge is -2.16. The van der Waals surface area contributed by atoms with Gasteiger partial charge in [0.15, 0.2) is 17.1 Å². The minimum atomic E-state index is -0.399. The van der Waals surface area contributed by atoms with Crippen LogP contribution in [0.15, 0.2) is 23.4 Å². The maximum absolute atomic E-state index is 13.0. The molecule has 11 heteroatoms. The van der Waals surface area contributed by atoms with E-state index in [4.69, 9.17) is 21.1 Å². The second-order valence-electron chi connectivity index (χ2n) is 9.23. The summed E-state index contributed by atoms with van der Waals surface area (Å²) in [5, 5.41) is 13.3. The molecule has 2 heterocycles. The fourth-order valence-electron chi connectivity index (χ4n) is 4.57. The van der Waals surface area contributed by atoms with Crippen LogP contribution >= 0.6 is 34.7 Å².